The van der Waals surface area contributed by atoms with E-state index in [1.54, 1.807) is 25.1 Å². The highest BCUT2D eigenvalue weighted by atomic mass is 79.9. The first-order valence-corrected chi connectivity index (χ1v) is 14.1. The van der Waals surface area contributed by atoms with Crippen LogP contribution in [0.2, 0.25) is 0 Å². The molecule has 2 aromatic carbocycles. The highest BCUT2D eigenvalue weighted by Crippen LogP contribution is 2.40. The lowest BCUT2D eigenvalue weighted by atomic mass is 9.91. The maximum Gasteiger partial charge on any atom is 0.303 e. The number of nitrogens with zero attached hydrogens (tertiary/aromatic N) is 3. The molecule has 0 radical (unpaired) electrons. The largest absolute Gasteiger partial charge is 0.494 e. The SMILES string of the molecule is Br.CNC(=O)c1cc2c(cc1N(C)C)CN(CC(=O)c1cc(C(C)C)c(OC)c(N3CCC(CC(=O)O)CC3)c1)C2=N. The number of benzene rings is 2. The smallest absolute Gasteiger partial charge is 0.303 e. The Balaban J connectivity index is 0.00000484. The van der Waals surface area contributed by atoms with Gasteiger partial charge in [0.2, 0.25) is 0 Å². The Bertz CT molecular complexity index is 1370. The van der Waals surface area contributed by atoms with Gasteiger partial charge in [-0.2, -0.15) is 0 Å². The molecule has 42 heavy (non-hydrogen) atoms. The molecule has 1 saturated heterocycles. The molecule has 0 aromatic heterocycles. The molecule has 0 bridgehead atoms. The van der Waals surface area contributed by atoms with E-state index in [0.29, 0.717) is 36.3 Å². The molecule has 0 unspecified atom stereocenters. The van der Waals surface area contributed by atoms with Gasteiger partial charge in [0, 0.05) is 64.0 Å². The summed E-state index contributed by atoms with van der Waals surface area (Å²) in [7, 11) is 6.97. The van der Waals surface area contributed by atoms with Crippen molar-refractivity contribution in [3.8, 4) is 5.75 Å². The molecule has 1 amide bonds. The number of halogens is 1. The second-order valence-electron chi connectivity index (χ2n) is 11.4. The summed E-state index contributed by atoms with van der Waals surface area (Å²) in [5.41, 5.74) is 5.15. The zero-order valence-corrected chi connectivity index (χ0v) is 27.0. The van der Waals surface area contributed by atoms with Crippen LogP contribution in [0.3, 0.4) is 0 Å². The third-order valence-electron chi connectivity index (χ3n) is 8.11. The van der Waals surface area contributed by atoms with Crippen molar-refractivity contribution >= 4 is 51.9 Å². The van der Waals surface area contributed by atoms with Gasteiger partial charge in [-0.1, -0.05) is 13.8 Å². The number of amidine groups is 1. The van der Waals surface area contributed by atoms with Gasteiger partial charge in [0.15, 0.2) is 5.78 Å². The minimum atomic E-state index is -0.770. The highest BCUT2D eigenvalue weighted by Gasteiger charge is 2.31. The summed E-state index contributed by atoms with van der Waals surface area (Å²) in [6.45, 7) is 5.95. The summed E-state index contributed by atoms with van der Waals surface area (Å²) in [5, 5.41) is 20.7. The molecule has 2 aliphatic rings. The van der Waals surface area contributed by atoms with Crippen LogP contribution in [0.5, 0.6) is 5.75 Å². The van der Waals surface area contributed by atoms with Gasteiger partial charge in [0.25, 0.3) is 5.91 Å². The summed E-state index contributed by atoms with van der Waals surface area (Å²) in [6.07, 6.45) is 1.70. The van der Waals surface area contributed by atoms with Crippen molar-refractivity contribution in [3.63, 3.8) is 0 Å². The third kappa shape index (κ3) is 6.72. The number of fused-ring (bicyclic) bond motifs is 1. The van der Waals surface area contributed by atoms with E-state index in [2.05, 4.69) is 24.1 Å². The third-order valence-corrected chi connectivity index (χ3v) is 8.11. The molecule has 10 nitrogen and oxygen atoms in total. The molecule has 0 spiro atoms. The Labute approximate surface area is 258 Å². The Morgan fingerprint density at radius 3 is 2.36 bits per heavy atom. The quantitative estimate of drug-likeness (QED) is 0.322. The van der Waals surface area contributed by atoms with E-state index in [0.717, 1.165) is 41.1 Å². The predicted molar refractivity (Wildman–Crippen MR) is 170 cm³/mol. The molecule has 0 atom stereocenters. The highest BCUT2D eigenvalue weighted by molar-refractivity contribution is 8.93. The van der Waals surface area contributed by atoms with Gasteiger partial charge in [-0.05, 0) is 60.1 Å². The minimum absolute atomic E-state index is 0. The van der Waals surface area contributed by atoms with Gasteiger partial charge in [-0.3, -0.25) is 19.8 Å². The van der Waals surface area contributed by atoms with E-state index in [-0.39, 0.29) is 59.3 Å². The summed E-state index contributed by atoms with van der Waals surface area (Å²) in [5.74, 6) is 0.126. The van der Waals surface area contributed by atoms with E-state index in [1.807, 2.05) is 37.2 Å². The topological polar surface area (TPSA) is 126 Å². The van der Waals surface area contributed by atoms with Crippen LogP contribution in [0.25, 0.3) is 0 Å². The molecule has 2 aromatic rings. The van der Waals surface area contributed by atoms with Gasteiger partial charge in [0.1, 0.15) is 11.6 Å². The van der Waals surface area contributed by atoms with Crippen LogP contribution in [0.4, 0.5) is 11.4 Å². The fourth-order valence-corrected chi connectivity index (χ4v) is 5.83. The van der Waals surface area contributed by atoms with Crippen molar-refractivity contribution in [1.29, 1.82) is 5.41 Å². The number of Topliss-reactive ketones (excluding diaryl/α,β-unsaturated/α-hetero) is 1. The van der Waals surface area contributed by atoms with Crippen LogP contribution in [0, 0.1) is 11.3 Å². The number of hydrogen-bond donors (Lipinski definition) is 3. The van der Waals surface area contributed by atoms with Crippen LogP contribution >= 0.6 is 17.0 Å². The Morgan fingerprint density at radius 1 is 1.14 bits per heavy atom. The molecule has 11 heteroatoms. The maximum atomic E-state index is 13.7. The molecule has 0 aliphatic carbocycles. The number of amides is 1. The first kappa shape index (κ1) is 32.9. The van der Waals surface area contributed by atoms with Gasteiger partial charge >= 0.3 is 5.97 Å². The lowest BCUT2D eigenvalue weighted by Crippen LogP contribution is -2.35. The number of methoxy groups -OCH3 is 1. The average Bonchev–Trinajstić information content (AvgIpc) is 3.24. The number of piperidine rings is 1. The number of carbonyl (C=O) groups excluding carboxylic acids is 2. The molecule has 3 N–H and O–H groups in total. The zero-order chi connectivity index (χ0) is 30.0. The molecule has 2 aliphatic heterocycles. The van der Waals surface area contributed by atoms with E-state index in [1.165, 1.54) is 0 Å². The summed E-state index contributed by atoms with van der Waals surface area (Å²) >= 11 is 0. The van der Waals surface area contributed by atoms with E-state index in [4.69, 9.17) is 10.1 Å². The van der Waals surface area contributed by atoms with E-state index < -0.39 is 5.97 Å². The maximum absolute atomic E-state index is 13.7. The number of carboxylic acid groups (broad SMARTS) is 1. The second-order valence-corrected chi connectivity index (χ2v) is 11.4. The summed E-state index contributed by atoms with van der Waals surface area (Å²) < 4.78 is 5.85. The van der Waals surface area contributed by atoms with Crippen LogP contribution in [0.1, 0.15) is 76.4 Å². The molecule has 2 heterocycles. The number of ketones is 1. The van der Waals surface area contributed by atoms with Crippen molar-refractivity contribution in [2.45, 2.75) is 45.6 Å². The van der Waals surface area contributed by atoms with Crippen molar-refractivity contribution in [2.75, 3.05) is 57.7 Å². The van der Waals surface area contributed by atoms with Crippen LogP contribution < -0.4 is 19.9 Å². The lowest BCUT2D eigenvalue weighted by Gasteiger charge is -2.35. The van der Waals surface area contributed by atoms with E-state index >= 15 is 0 Å². The molecule has 228 valence electrons. The van der Waals surface area contributed by atoms with Crippen molar-refractivity contribution in [1.82, 2.24) is 10.2 Å². The number of ether oxygens (including phenoxy) is 1. The van der Waals surface area contributed by atoms with Crippen molar-refractivity contribution in [3.05, 3.63) is 52.1 Å². The fourth-order valence-electron chi connectivity index (χ4n) is 5.83. The molecule has 1 fully saturated rings. The fraction of sp³-hybridized carbons (Fsp3) is 0.484. The molecule has 0 saturated carbocycles. The number of nitrogens with one attached hydrogen (secondary N) is 2. The standard InChI is InChI=1S/C31H41N5O5.BrH/c1-18(2)22-12-20(13-26(29(22)41-6)35-9-7-19(8-10-35)11-28(38)39)27(37)17-36-16-21-14-25(34(4)5)24(31(40)33-3)15-23(21)30(36)32;/h12-15,18-19,32H,7-11,16-17H2,1-6H3,(H,33,40)(H,38,39);1H. The number of aliphatic carboxylic acids is 1. The van der Waals surface area contributed by atoms with Crippen molar-refractivity contribution in [2.24, 2.45) is 5.92 Å². The Morgan fingerprint density at radius 2 is 1.81 bits per heavy atom. The monoisotopic (exact) mass is 643 g/mol. The number of rotatable bonds is 10. The number of carbonyl (C=O) groups is 3. The second kappa shape index (κ2) is 13.6. The Hall–Kier alpha value is -3.60. The van der Waals surface area contributed by atoms with Crippen LogP contribution in [-0.4, -0.2) is 81.4 Å². The molecule has 4 rings (SSSR count). The van der Waals surface area contributed by atoms with Crippen LogP contribution in [0.15, 0.2) is 24.3 Å². The van der Waals surface area contributed by atoms with E-state index in [9.17, 15) is 19.5 Å². The first-order valence-electron chi connectivity index (χ1n) is 14.1. The van der Waals surface area contributed by atoms with Crippen molar-refractivity contribution < 1.29 is 24.2 Å². The summed E-state index contributed by atoms with van der Waals surface area (Å²) in [4.78, 5) is 43.3. The minimum Gasteiger partial charge on any atom is -0.494 e. The van der Waals surface area contributed by atoms with Gasteiger partial charge in [-0.25, -0.2) is 0 Å². The summed E-state index contributed by atoms with van der Waals surface area (Å²) in [6, 6.07) is 7.44. The normalized spacial score (nSPS) is 14.9. The van der Waals surface area contributed by atoms with Gasteiger partial charge < -0.3 is 29.9 Å². The molecular formula is C31H42BrN5O5. The number of carboxylic acids is 1. The lowest BCUT2D eigenvalue weighted by molar-refractivity contribution is -0.138. The number of hydrogen-bond acceptors (Lipinski definition) is 7. The first-order chi connectivity index (χ1) is 19.4. The average molecular weight is 645 g/mol. The number of anilines is 2. The van der Waals surface area contributed by atoms with Gasteiger partial charge in [-0.15, -0.1) is 17.0 Å². The van der Waals surface area contributed by atoms with Crippen LogP contribution in [-0.2, 0) is 11.3 Å². The van der Waals surface area contributed by atoms with Gasteiger partial charge in [0.05, 0.1) is 24.9 Å². The zero-order valence-electron chi connectivity index (χ0n) is 25.2. The Kier molecular flexibility index (Phi) is 10.6. The molecular weight excluding hydrogens is 602 g/mol. The predicted octanol–water partition coefficient (Wildman–Crippen LogP) is 4.54.